The molecule has 41 heavy (non-hydrogen) atoms. The van der Waals surface area contributed by atoms with Crippen LogP contribution in [-0.2, 0) is 9.84 Å². The van der Waals surface area contributed by atoms with Crippen molar-refractivity contribution >= 4 is 50.9 Å². The van der Waals surface area contributed by atoms with E-state index in [1.165, 1.54) is 6.20 Å². The Bertz CT molecular complexity index is 1580. The van der Waals surface area contributed by atoms with Crippen molar-refractivity contribution in [1.29, 1.82) is 0 Å². The maximum Gasteiger partial charge on any atom is 0.490 e. The van der Waals surface area contributed by atoms with E-state index < -0.39 is 22.9 Å². The number of H-pyrrole nitrogens is 1. The molecule has 0 aliphatic carbocycles. The number of carbonyl (C=O) groups is 1. The molecule has 5 N–H and O–H groups in total. The summed E-state index contributed by atoms with van der Waals surface area (Å²) in [6, 6.07) is 11.1. The van der Waals surface area contributed by atoms with Gasteiger partial charge in [-0.1, -0.05) is 6.07 Å². The average molecular weight is 579 g/mol. The number of nitrogens with two attached hydrogens (primary N) is 1. The second-order valence-corrected chi connectivity index (χ2v) is 12.8. The van der Waals surface area contributed by atoms with Crippen molar-refractivity contribution in [2.24, 2.45) is 5.73 Å². The fraction of sp³-hybridized carbons (Fsp3) is 0.321. The van der Waals surface area contributed by atoms with E-state index in [2.05, 4.69) is 15.0 Å². The van der Waals surface area contributed by atoms with Gasteiger partial charge in [0.25, 0.3) is 5.91 Å². The van der Waals surface area contributed by atoms with E-state index in [1.54, 1.807) is 24.4 Å². The number of hydrogen-bond acceptors (Lipinski definition) is 9. The Hall–Kier alpha value is -3.94. The Morgan fingerprint density at radius 3 is 2.05 bits per heavy atom. The molecule has 0 unspecified atom stereocenters. The molecule has 0 radical (unpaired) electrons. The van der Waals surface area contributed by atoms with Crippen LogP contribution >= 0.6 is 0 Å². The minimum Gasteiger partial charge on any atom is -0.423 e. The third-order valence-electron chi connectivity index (χ3n) is 7.15. The Morgan fingerprint density at radius 1 is 0.951 bits per heavy atom. The lowest BCUT2D eigenvalue weighted by atomic mass is 9.82. The van der Waals surface area contributed by atoms with Crippen molar-refractivity contribution < 1.29 is 23.3 Å². The largest absolute Gasteiger partial charge is 0.490 e. The third-order valence-corrected chi connectivity index (χ3v) is 8.86. The predicted molar refractivity (Wildman–Crippen MR) is 163 cm³/mol. The van der Waals surface area contributed by atoms with Crippen LogP contribution in [0.25, 0.3) is 22.0 Å². The molecule has 1 fully saturated rings. The van der Waals surface area contributed by atoms with E-state index in [9.17, 15) is 13.2 Å². The monoisotopic (exact) mass is 578 g/mol. The molecule has 216 valence electrons. The Morgan fingerprint density at radius 2 is 1.56 bits per heavy atom. The molecule has 1 amide bonds. The maximum atomic E-state index is 12.1. The molecule has 4 heterocycles. The molecule has 0 atom stereocenters. The summed E-state index contributed by atoms with van der Waals surface area (Å²) < 4.78 is 23.6. The van der Waals surface area contributed by atoms with Crippen LogP contribution in [0.15, 0.2) is 55.0 Å². The van der Waals surface area contributed by atoms with Gasteiger partial charge in [-0.15, -0.1) is 0 Å². The van der Waals surface area contributed by atoms with E-state index in [4.69, 9.17) is 15.8 Å². The quantitative estimate of drug-likeness (QED) is 0.248. The summed E-state index contributed by atoms with van der Waals surface area (Å²) >= 11 is 0. The maximum absolute atomic E-state index is 12.1. The smallest absolute Gasteiger partial charge is 0.423 e. The summed E-state index contributed by atoms with van der Waals surface area (Å²) in [7, 11) is 3.22. The molecule has 1 aliphatic rings. The molecule has 0 bridgehead atoms. The number of anilines is 2. The number of rotatable bonds is 6. The van der Waals surface area contributed by atoms with Crippen molar-refractivity contribution in [3.8, 4) is 11.1 Å². The molecule has 13 heteroatoms. The number of aromatic amines is 1. The second-order valence-electron chi connectivity index (χ2n) is 10.5. The first kappa shape index (κ1) is 30.0. The van der Waals surface area contributed by atoms with E-state index >= 15 is 0 Å². The average Bonchev–Trinajstić information content (AvgIpc) is 3.37. The highest BCUT2D eigenvalue weighted by atomic mass is 32.2. The number of primary amides is 1. The number of sulfone groups is 1. The van der Waals surface area contributed by atoms with E-state index in [1.807, 2.05) is 62.4 Å². The van der Waals surface area contributed by atoms with Gasteiger partial charge in [0.1, 0.15) is 21.5 Å². The molecule has 5 rings (SSSR count). The van der Waals surface area contributed by atoms with Crippen molar-refractivity contribution in [3.05, 3.63) is 66.1 Å². The number of hydrogen-bond donors (Lipinski definition) is 4. The van der Waals surface area contributed by atoms with Crippen LogP contribution in [0.5, 0.6) is 0 Å². The Labute approximate surface area is 240 Å². The topological polar surface area (TPSA) is 166 Å². The summed E-state index contributed by atoms with van der Waals surface area (Å²) in [4.78, 5) is 27.5. The van der Waals surface area contributed by atoms with Gasteiger partial charge in [-0.2, -0.15) is 0 Å². The number of carbonyl (C=O) groups excluding carboxylic acids is 1. The number of amides is 1. The van der Waals surface area contributed by atoms with E-state index in [0.29, 0.717) is 29.4 Å². The summed E-state index contributed by atoms with van der Waals surface area (Å²) in [6.07, 6.45) is 6.28. The van der Waals surface area contributed by atoms with Gasteiger partial charge in [0.15, 0.2) is 0 Å². The van der Waals surface area contributed by atoms with Crippen molar-refractivity contribution in [3.63, 3.8) is 0 Å². The highest BCUT2D eigenvalue weighted by molar-refractivity contribution is 7.91. The van der Waals surface area contributed by atoms with Crippen LogP contribution in [0.1, 0.15) is 34.7 Å². The zero-order chi connectivity index (χ0) is 29.9. The Balaban J connectivity index is 0.000000271. The van der Waals surface area contributed by atoms with Gasteiger partial charge in [0, 0.05) is 63.2 Å². The number of nitrogens with one attached hydrogen (secondary N) is 1. The molecular formula is C28H35BN6O5S. The summed E-state index contributed by atoms with van der Waals surface area (Å²) in [6.45, 7) is 0. The van der Waals surface area contributed by atoms with Crippen molar-refractivity contribution in [2.75, 3.05) is 49.5 Å². The molecule has 1 aliphatic heterocycles. The minimum atomic E-state index is -2.94. The molecule has 3 aromatic heterocycles. The van der Waals surface area contributed by atoms with Gasteiger partial charge < -0.3 is 30.6 Å². The van der Waals surface area contributed by atoms with Gasteiger partial charge in [0.05, 0.1) is 22.6 Å². The summed E-state index contributed by atoms with van der Waals surface area (Å²) in [5, 5.41) is 18.4. The second kappa shape index (κ2) is 12.3. The van der Waals surface area contributed by atoms with Gasteiger partial charge in [0.2, 0.25) is 0 Å². The summed E-state index contributed by atoms with van der Waals surface area (Å²) in [5.41, 5.74) is 9.96. The lowest BCUT2D eigenvalue weighted by molar-refractivity contribution is 0.100. The predicted octanol–water partition coefficient (Wildman–Crippen LogP) is 1.51. The lowest BCUT2D eigenvalue weighted by Gasteiger charge is -2.21. The van der Waals surface area contributed by atoms with Gasteiger partial charge >= 0.3 is 7.12 Å². The SMILES string of the molecule is CN(C)c1ccc(-c2cc(C(N)=O)c3[nH]cc(C4CCS(=O)(=O)CC4)c3c2)cn1.CN(C)c1ccc(B(O)O)cn1. The van der Waals surface area contributed by atoms with Crippen molar-refractivity contribution in [1.82, 2.24) is 15.0 Å². The highest BCUT2D eigenvalue weighted by Gasteiger charge is 2.27. The molecule has 4 aromatic rings. The molecule has 11 nitrogen and oxygen atoms in total. The number of pyridine rings is 2. The first-order valence-corrected chi connectivity index (χ1v) is 15.0. The minimum absolute atomic E-state index is 0.137. The van der Waals surface area contributed by atoms with E-state index in [0.717, 1.165) is 33.7 Å². The normalized spacial score (nSPS) is 14.7. The number of aromatic nitrogens is 3. The fourth-order valence-corrected chi connectivity index (χ4v) is 6.28. The van der Waals surface area contributed by atoms with Crippen LogP contribution in [0.3, 0.4) is 0 Å². The van der Waals surface area contributed by atoms with Crippen LogP contribution in [0.4, 0.5) is 11.6 Å². The summed E-state index contributed by atoms with van der Waals surface area (Å²) in [5.74, 6) is 1.66. The van der Waals surface area contributed by atoms with Gasteiger partial charge in [-0.3, -0.25) is 4.79 Å². The highest BCUT2D eigenvalue weighted by Crippen LogP contribution is 2.37. The molecule has 1 saturated heterocycles. The lowest BCUT2D eigenvalue weighted by Crippen LogP contribution is -2.30. The van der Waals surface area contributed by atoms with Crippen LogP contribution in [0, 0.1) is 0 Å². The zero-order valence-corrected chi connectivity index (χ0v) is 24.4. The molecular weight excluding hydrogens is 543 g/mol. The zero-order valence-electron chi connectivity index (χ0n) is 23.6. The van der Waals surface area contributed by atoms with Crippen LogP contribution < -0.4 is 21.0 Å². The first-order valence-electron chi connectivity index (χ1n) is 13.1. The van der Waals surface area contributed by atoms with Crippen LogP contribution in [0.2, 0.25) is 0 Å². The molecule has 1 aromatic carbocycles. The van der Waals surface area contributed by atoms with Crippen LogP contribution in [-0.4, -0.2) is 86.1 Å². The molecule has 0 spiro atoms. The fourth-order valence-electron chi connectivity index (χ4n) is 4.79. The van der Waals surface area contributed by atoms with Crippen molar-refractivity contribution in [2.45, 2.75) is 18.8 Å². The molecule has 0 saturated carbocycles. The Kier molecular flexibility index (Phi) is 9.00. The third kappa shape index (κ3) is 7.05. The number of benzene rings is 1. The first-order chi connectivity index (χ1) is 19.4. The number of fused-ring (bicyclic) bond motifs is 1. The van der Waals surface area contributed by atoms with Gasteiger partial charge in [-0.25, -0.2) is 18.4 Å². The standard InChI is InChI=1S/C21H24N4O3S.C7H11BN2O2/c1-25(2)19-4-3-14(11-23-19)15-9-16-18(13-5-7-29(27,28)8-6-13)12-24-20(16)17(10-15)21(22)26;1-10(2)7-4-3-6(5-9-7)8(11)12/h3-4,9-13,24H,5-8H2,1-2H3,(H2,22,26);3-5,11-12H,1-2H3. The van der Waals surface area contributed by atoms with E-state index in [-0.39, 0.29) is 17.4 Å². The number of nitrogens with zero attached hydrogens (tertiary/aromatic N) is 4. The van der Waals surface area contributed by atoms with Gasteiger partial charge in [-0.05, 0) is 60.2 Å².